The van der Waals surface area contributed by atoms with Crippen molar-refractivity contribution in [3.8, 4) is 0 Å². The molecule has 0 radical (unpaired) electrons. The number of nitro benzene ring substituents is 1. The van der Waals surface area contributed by atoms with Crippen molar-refractivity contribution in [1.29, 1.82) is 0 Å². The zero-order chi connectivity index (χ0) is 14.5. The van der Waals surface area contributed by atoms with Crippen LogP contribution >= 0.6 is 11.6 Å². The van der Waals surface area contributed by atoms with Gasteiger partial charge in [0, 0.05) is 12.1 Å². The van der Waals surface area contributed by atoms with Gasteiger partial charge in [-0.1, -0.05) is 23.7 Å². The first-order valence-electron chi connectivity index (χ1n) is 5.60. The molecule has 0 unspecified atom stereocenters. The van der Waals surface area contributed by atoms with E-state index in [0.29, 0.717) is 22.4 Å². The van der Waals surface area contributed by atoms with Crippen molar-refractivity contribution in [2.75, 3.05) is 5.43 Å². The van der Waals surface area contributed by atoms with Gasteiger partial charge in [0.05, 0.1) is 16.7 Å². The summed E-state index contributed by atoms with van der Waals surface area (Å²) in [4.78, 5) is 18.3. The first kappa shape index (κ1) is 13.9. The fourth-order valence-electron chi connectivity index (χ4n) is 1.52. The quantitative estimate of drug-likeness (QED) is 0.404. The van der Waals surface area contributed by atoms with Crippen molar-refractivity contribution in [2.24, 2.45) is 5.10 Å². The molecular weight excluding hydrogens is 282 g/mol. The third-order valence-corrected chi connectivity index (χ3v) is 2.52. The maximum Gasteiger partial charge on any atom is 0.278 e. The summed E-state index contributed by atoms with van der Waals surface area (Å²) in [6.45, 7) is 1.70. The average molecular weight is 292 g/mol. The number of para-hydroxylation sites is 1. The Balaban J connectivity index is 2.16. The van der Waals surface area contributed by atoms with Crippen molar-refractivity contribution in [2.45, 2.75) is 6.92 Å². The van der Waals surface area contributed by atoms with E-state index in [4.69, 9.17) is 11.6 Å². The van der Waals surface area contributed by atoms with E-state index in [1.165, 1.54) is 18.3 Å². The number of aromatic nitrogens is 2. The Kier molecular flexibility index (Phi) is 4.21. The number of aryl methyl sites for hydroxylation is 1. The van der Waals surface area contributed by atoms with Crippen LogP contribution in [0.4, 0.5) is 11.5 Å². The van der Waals surface area contributed by atoms with Crippen LogP contribution in [0.3, 0.4) is 0 Å². The summed E-state index contributed by atoms with van der Waals surface area (Å²) < 4.78 is 0. The molecule has 1 heterocycles. The first-order valence-corrected chi connectivity index (χ1v) is 5.98. The highest BCUT2D eigenvalue weighted by Crippen LogP contribution is 2.15. The molecule has 1 N–H and O–H groups in total. The van der Waals surface area contributed by atoms with Crippen molar-refractivity contribution >= 4 is 29.3 Å². The van der Waals surface area contributed by atoms with Gasteiger partial charge in [0.2, 0.25) is 0 Å². The zero-order valence-electron chi connectivity index (χ0n) is 10.4. The largest absolute Gasteiger partial charge is 0.278 e. The number of benzene rings is 1. The highest BCUT2D eigenvalue weighted by Gasteiger charge is 2.09. The molecule has 8 heteroatoms. The number of anilines is 1. The summed E-state index contributed by atoms with van der Waals surface area (Å²) in [7, 11) is 0. The number of hydrogen-bond donors (Lipinski definition) is 1. The highest BCUT2D eigenvalue weighted by atomic mass is 35.5. The number of hydrogen-bond acceptors (Lipinski definition) is 6. The van der Waals surface area contributed by atoms with E-state index in [1.54, 1.807) is 25.1 Å². The Bertz CT molecular complexity index is 654. The molecule has 20 heavy (non-hydrogen) atoms. The van der Waals surface area contributed by atoms with E-state index < -0.39 is 4.92 Å². The molecule has 1 aromatic carbocycles. The summed E-state index contributed by atoms with van der Waals surface area (Å²) in [5.74, 6) is 0.915. The monoisotopic (exact) mass is 291 g/mol. The van der Waals surface area contributed by atoms with Crippen LogP contribution in [0.25, 0.3) is 0 Å². The van der Waals surface area contributed by atoms with Crippen LogP contribution in [-0.2, 0) is 0 Å². The van der Waals surface area contributed by atoms with Crippen LogP contribution in [-0.4, -0.2) is 21.1 Å². The molecule has 2 aromatic rings. The minimum absolute atomic E-state index is 0.0186. The van der Waals surface area contributed by atoms with E-state index in [0.717, 1.165) is 0 Å². The highest BCUT2D eigenvalue weighted by molar-refractivity contribution is 6.29. The van der Waals surface area contributed by atoms with E-state index in [-0.39, 0.29) is 5.69 Å². The van der Waals surface area contributed by atoms with Crippen molar-refractivity contribution in [1.82, 2.24) is 9.97 Å². The smallest absolute Gasteiger partial charge is 0.261 e. The molecule has 2 rings (SSSR count). The Morgan fingerprint density at radius 1 is 1.40 bits per heavy atom. The maximum atomic E-state index is 10.8. The second-order valence-corrected chi connectivity index (χ2v) is 4.20. The summed E-state index contributed by atoms with van der Waals surface area (Å²) in [6, 6.07) is 7.80. The minimum Gasteiger partial charge on any atom is -0.261 e. The molecule has 7 nitrogen and oxygen atoms in total. The average Bonchev–Trinajstić information content (AvgIpc) is 2.38. The number of nitrogens with one attached hydrogen (secondary N) is 1. The van der Waals surface area contributed by atoms with Gasteiger partial charge in [0.1, 0.15) is 11.0 Å². The van der Waals surface area contributed by atoms with Crippen LogP contribution in [0.1, 0.15) is 11.4 Å². The lowest BCUT2D eigenvalue weighted by Crippen LogP contribution is -1.98. The molecule has 0 saturated carbocycles. The van der Waals surface area contributed by atoms with Gasteiger partial charge < -0.3 is 0 Å². The molecule has 0 aliphatic carbocycles. The summed E-state index contributed by atoms with van der Waals surface area (Å²) in [5, 5.41) is 15.0. The predicted octanol–water partition coefficient (Wildman–Crippen LogP) is 2.79. The fourth-order valence-corrected chi connectivity index (χ4v) is 1.75. The maximum absolute atomic E-state index is 10.8. The molecule has 102 valence electrons. The summed E-state index contributed by atoms with van der Waals surface area (Å²) in [6.07, 6.45) is 1.35. The second-order valence-electron chi connectivity index (χ2n) is 3.81. The van der Waals surface area contributed by atoms with Gasteiger partial charge in [-0.15, -0.1) is 0 Å². The molecule has 0 saturated heterocycles. The third kappa shape index (κ3) is 3.48. The van der Waals surface area contributed by atoms with Gasteiger partial charge in [0.15, 0.2) is 5.82 Å². The van der Waals surface area contributed by atoms with Crippen LogP contribution in [0.15, 0.2) is 35.4 Å². The Labute approximate surface area is 119 Å². The Morgan fingerprint density at radius 2 is 2.15 bits per heavy atom. The lowest BCUT2D eigenvalue weighted by molar-refractivity contribution is -0.385. The van der Waals surface area contributed by atoms with E-state index in [2.05, 4.69) is 20.5 Å². The zero-order valence-corrected chi connectivity index (χ0v) is 11.2. The van der Waals surface area contributed by atoms with Crippen molar-refractivity contribution in [3.05, 3.63) is 57.0 Å². The van der Waals surface area contributed by atoms with Gasteiger partial charge >= 0.3 is 0 Å². The number of halogens is 1. The normalized spacial score (nSPS) is 10.7. The van der Waals surface area contributed by atoms with Gasteiger partial charge in [-0.2, -0.15) is 5.10 Å². The Hall–Kier alpha value is -2.54. The molecule has 0 bridgehead atoms. The predicted molar refractivity (Wildman–Crippen MR) is 76.1 cm³/mol. The fraction of sp³-hybridized carbons (Fsp3) is 0.0833. The van der Waals surface area contributed by atoms with Crippen LogP contribution in [0.5, 0.6) is 0 Å². The number of nitrogens with zero attached hydrogens (tertiary/aromatic N) is 4. The standard InChI is InChI=1S/C12H10ClN5O2/c1-8-15-11(13)6-12(16-8)17-14-7-9-4-2-3-5-10(9)18(19)20/h2-7H,1H3,(H,15,16,17)/b14-7+. The Morgan fingerprint density at radius 3 is 2.85 bits per heavy atom. The van der Waals surface area contributed by atoms with Crippen molar-refractivity contribution < 1.29 is 4.92 Å². The first-order chi connectivity index (χ1) is 9.56. The molecule has 0 spiro atoms. The van der Waals surface area contributed by atoms with Gasteiger partial charge in [-0.25, -0.2) is 9.97 Å². The van der Waals surface area contributed by atoms with E-state index in [9.17, 15) is 10.1 Å². The van der Waals surface area contributed by atoms with Crippen LogP contribution in [0.2, 0.25) is 5.15 Å². The van der Waals surface area contributed by atoms with Crippen LogP contribution in [0, 0.1) is 17.0 Å². The molecule has 0 aliphatic heterocycles. The molecule has 0 fully saturated rings. The number of hydrazone groups is 1. The third-order valence-electron chi connectivity index (χ3n) is 2.32. The second kappa shape index (κ2) is 6.07. The summed E-state index contributed by atoms with van der Waals surface area (Å²) in [5.41, 5.74) is 3.02. The van der Waals surface area contributed by atoms with E-state index >= 15 is 0 Å². The van der Waals surface area contributed by atoms with Crippen LogP contribution < -0.4 is 5.43 Å². The molecular formula is C12H10ClN5O2. The van der Waals surface area contributed by atoms with Gasteiger partial charge in [-0.05, 0) is 13.0 Å². The van der Waals surface area contributed by atoms with Gasteiger partial charge in [-0.3, -0.25) is 15.5 Å². The number of nitro groups is 1. The topological polar surface area (TPSA) is 93.3 Å². The lowest BCUT2D eigenvalue weighted by Gasteiger charge is -2.01. The minimum atomic E-state index is -0.465. The number of rotatable bonds is 4. The van der Waals surface area contributed by atoms with Gasteiger partial charge in [0.25, 0.3) is 5.69 Å². The molecule has 0 atom stereocenters. The van der Waals surface area contributed by atoms with E-state index in [1.807, 2.05) is 0 Å². The molecule has 0 amide bonds. The van der Waals surface area contributed by atoms with Crippen molar-refractivity contribution in [3.63, 3.8) is 0 Å². The molecule has 0 aliphatic rings. The lowest BCUT2D eigenvalue weighted by atomic mass is 10.2. The molecule has 1 aromatic heterocycles. The summed E-state index contributed by atoms with van der Waals surface area (Å²) >= 11 is 5.78. The SMILES string of the molecule is Cc1nc(Cl)cc(N/N=C/c2ccccc2[N+](=O)[O-])n1.